The number of fused-ring (bicyclic) bond motifs is 1. The van der Waals surface area contributed by atoms with Crippen LogP contribution in [0.2, 0.25) is 0 Å². The second-order valence-corrected chi connectivity index (χ2v) is 6.71. The molecule has 0 aromatic carbocycles. The first-order valence-electron chi connectivity index (χ1n) is 7.81. The molecule has 3 aliphatic rings. The lowest BCUT2D eigenvalue weighted by atomic mass is 10.2. The van der Waals surface area contributed by atoms with E-state index in [1.165, 1.54) is 32.5 Å². The van der Waals surface area contributed by atoms with Gasteiger partial charge in [0.25, 0.3) is 0 Å². The van der Waals surface area contributed by atoms with Crippen LogP contribution in [0.4, 0.5) is 0 Å². The zero-order chi connectivity index (χ0) is 13.5. The molecule has 1 aromatic heterocycles. The van der Waals surface area contributed by atoms with Crippen molar-refractivity contribution < 1.29 is 9.21 Å². The Balaban J connectivity index is 1.17. The van der Waals surface area contributed by atoms with Gasteiger partial charge in [-0.3, -0.25) is 4.79 Å². The molecule has 1 amide bonds. The summed E-state index contributed by atoms with van der Waals surface area (Å²) in [6.07, 6.45) is 5.21. The van der Waals surface area contributed by atoms with Gasteiger partial charge in [-0.15, -0.1) is 0 Å². The normalized spacial score (nSPS) is 32.1. The lowest BCUT2D eigenvalue weighted by molar-refractivity contribution is -0.121. The molecule has 4 nitrogen and oxygen atoms in total. The summed E-state index contributed by atoms with van der Waals surface area (Å²) >= 11 is 0. The van der Waals surface area contributed by atoms with Crippen molar-refractivity contribution in [1.82, 2.24) is 10.2 Å². The SMILES string of the molecule is O=C(CC1[C@H]2CN(CC3CC3)C[C@@H]12)NCc1ccco1. The summed E-state index contributed by atoms with van der Waals surface area (Å²) in [4.78, 5) is 14.5. The van der Waals surface area contributed by atoms with Crippen molar-refractivity contribution in [3.05, 3.63) is 24.2 Å². The Bertz CT molecular complexity index is 469. The molecule has 1 aliphatic heterocycles. The second-order valence-electron chi connectivity index (χ2n) is 6.71. The van der Waals surface area contributed by atoms with Crippen LogP contribution < -0.4 is 5.32 Å². The Morgan fingerprint density at radius 2 is 2.15 bits per heavy atom. The lowest BCUT2D eigenvalue weighted by Gasteiger charge is -2.18. The molecule has 2 aliphatic carbocycles. The molecule has 2 saturated carbocycles. The molecule has 20 heavy (non-hydrogen) atoms. The van der Waals surface area contributed by atoms with Crippen LogP contribution in [0.15, 0.2) is 22.8 Å². The highest BCUT2D eigenvalue weighted by atomic mass is 16.3. The number of hydrogen-bond acceptors (Lipinski definition) is 3. The van der Waals surface area contributed by atoms with Crippen molar-refractivity contribution in [3.8, 4) is 0 Å². The van der Waals surface area contributed by atoms with E-state index in [1.807, 2.05) is 12.1 Å². The summed E-state index contributed by atoms with van der Waals surface area (Å²) in [5.41, 5.74) is 0. The van der Waals surface area contributed by atoms with Crippen molar-refractivity contribution in [2.45, 2.75) is 25.8 Å². The van der Waals surface area contributed by atoms with Gasteiger partial charge in [0.1, 0.15) is 5.76 Å². The predicted octanol–water partition coefficient (Wildman–Crippen LogP) is 1.87. The molecule has 108 valence electrons. The van der Waals surface area contributed by atoms with Crippen LogP contribution >= 0.6 is 0 Å². The monoisotopic (exact) mass is 274 g/mol. The minimum atomic E-state index is 0.176. The molecule has 4 heteroatoms. The van der Waals surface area contributed by atoms with Crippen LogP contribution in [0.1, 0.15) is 25.0 Å². The zero-order valence-electron chi connectivity index (χ0n) is 11.8. The van der Waals surface area contributed by atoms with Crippen LogP contribution in [0, 0.1) is 23.7 Å². The van der Waals surface area contributed by atoms with E-state index in [1.54, 1.807) is 6.26 Å². The number of nitrogens with one attached hydrogen (secondary N) is 1. The fourth-order valence-electron chi connectivity index (χ4n) is 3.74. The first-order valence-corrected chi connectivity index (χ1v) is 7.81. The number of hydrogen-bond donors (Lipinski definition) is 1. The van der Waals surface area contributed by atoms with Crippen LogP contribution in [0.5, 0.6) is 0 Å². The van der Waals surface area contributed by atoms with Crippen molar-refractivity contribution in [1.29, 1.82) is 0 Å². The number of piperidine rings is 1. The minimum absolute atomic E-state index is 0.176. The Kier molecular flexibility index (Phi) is 3.06. The van der Waals surface area contributed by atoms with Crippen molar-refractivity contribution in [2.24, 2.45) is 23.7 Å². The molecular formula is C16H22N2O2. The molecule has 0 spiro atoms. The van der Waals surface area contributed by atoms with Gasteiger partial charge < -0.3 is 14.6 Å². The maximum Gasteiger partial charge on any atom is 0.220 e. The van der Waals surface area contributed by atoms with Gasteiger partial charge in [-0.1, -0.05) is 0 Å². The molecule has 2 heterocycles. The Morgan fingerprint density at radius 3 is 2.80 bits per heavy atom. The average Bonchev–Trinajstić information content (AvgIpc) is 3.21. The van der Waals surface area contributed by atoms with E-state index in [2.05, 4.69) is 10.2 Å². The van der Waals surface area contributed by atoms with Crippen molar-refractivity contribution >= 4 is 5.91 Å². The Labute approximate surface area is 119 Å². The smallest absolute Gasteiger partial charge is 0.220 e. The number of carbonyl (C=O) groups excluding carboxylic acids is 1. The number of nitrogens with zero attached hydrogens (tertiary/aromatic N) is 1. The molecule has 3 fully saturated rings. The summed E-state index contributed by atoms with van der Waals surface area (Å²) < 4.78 is 5.21. The van der Waals surface area contributed by atoms with Crippen LogP contribution in [0.25, 0.3) is 0 Å². The summed E-state index contributed by atoms with van der Waals surface area (Å²) in [5, 5.41) is 2.95. The van der Waals surface area contributed by atoms with Gasteiger partial charge in [-0.25, -0.2) is 0 Å². The van der Waals surface area contributed by atoms with E-state index >= 15 is 0 Å². The number of furan rings is 1. The third kappa shape index (κ3) is 2.62. The fraction of sp³-hybridized carbons (Fsp3) is 0.688. The number of amides is 1. The van der Waals surface area contributed by atoms with Gasteiger partial charge in [-0.2, -0.15) is 0 Å². The maximum atomic E-state index is 11.9. The summed E-state index contributed by atoms with van der Waals surface area (Å²) in [6, 6.07) is 3.74. The topological polar surface area (TPSA) is 45.5 Å². The van der Waals surface area contributed by atoms with Gasteiger partial charge >= 0.3 is 0 Å². The van der Waals surface area contributed by atoms with Crippen LogP contribution in [-0.2, 0) is 11.3 Å². The molecule has 0 radical (unpaired) electrons. The van der Waals surface area contributed by atoms with E-state index in [4.69, 9.17) is 4.42 Å². The van der Waals surface area contributed by atoms with Gasteiger partial charge in [0.05, 0.1) is 12.8 Å². The van der Waals surface area contributed by atoms with E-state index in [0.29, 0.717) is 18.9 Å². The van der Waals surface area contributed by atoms with Gasteiger partial charge in [0, 0.05) is 26.1 Å². The largest absolute Gasteiger partial charge is 0.467 e. The molecule has 1 unspecified atom stereocenters. The highest BCUT2D eigenvalue weighted by Crippen LogP contribution is 2.54. The van der Waals surface area contributed by atoms with Crippen molar-refractivity contribution in [2.75, 3.05) is 19.6 Å². The molecule has 0 bridgehead atoms. The molecule has 1 N–H and O–H groups in total. The summed E-state index contributed by atoms with van der Waals surface area (Å²) in [6.45, 7) is 4.29. The molecule has 1 saturated heterocycles. The number of likely N-dealkylation sites (tertiary alicyclic amines) is 1. The van der Waals surface area contributed by atoms with Gasteiger partial charge in [0.2, 0.25) is 5.91 Å². The summed E-state index contributed by atoms with van der Waals surface area (Å²) in [7, 11) is 0. The Hall–Kier alpha value is -1.29. The zero-order valence-corrected chi connectivity index (χ0v) is 11.8. The van der Waals surface area contributed by atoms with Crippen LogP contribution in [-0.4, -0.2) is 30.4 Å². The maximum absolute atomic E-state index is 11.9. The van der Waals surface area contributed by atoms with E-state index in [-0.39, 0.29) is 5.91 Å². The fourth-order valence-corrected chi connectivity index (χ4v) is 3.74. The summed E-state index contributed by atoms with van der Waals surface area (Å²) in [5.74, 6) is 4.22. The second kappa shape index (κ2) is 4.92. The van der Waals surface area contributed by atoms with Gasteiger partial charge in [-0.05, 0) is 48.6 Å². The third-order valence-electron chi connectivity index (χ3n) is 5.12. The van der Waals surface area contributed by atoms with Crippen LogP contribution in [0.3, 0.4) is 0 Å². The number of carbonyl (C=O) groups is 1. The highest BCUT2D eigenvalue weighted by Gasteiger charge is 2.55. The van der Waals surface area contributed by atoms with E-state index in [0.717, 1.165) is 23.5 Å². The molecule has 4 rings (SSSR count). The van der Waals surface area contributed by atoms with E-state index < -0.39 is 0 Å². The minimum Gasteiger partial charge on any atom is -0.467 e. The number of rotatable bonds is 6. The molecule has 3 atom stereocenters. The lowest BCUT2D eigenvalue weighted by Crippen LogP contribution is -2.29. The average molecular weight is 274 g/mol. The third-order valence-corrected chi connectivity index (χ3v) is 5.12. The molecular weight excluding hydrogens is 252 g/mol. The first-order chi connectivity index (χ1) is 9.79. The van der Waals surface area contributed by atoms with Crippen molar-refractivity contribution in [3.63, 3.8) is 0 Å². The predicted molar refractivity (Wildman–Crippen MR) is 74.8 cm³/mol. The standard InChI is InChI=1S/C16H22N2O2/c19-16(17-7-12-2-1-5-20-12)6-13-14-9-18(10-15(13)14)8-11-3-4-11/h1-2,5,11,13-15H,3-4,6-10H2,(H,17,19)/t13?,14-,15+. The first kappa shape index (κ1) is 12.5. The Morgan fingerprint density at radius 1 is 1.35 bits per heavy atom. The highest BCUT2D eigenvalue weighted by molar-refractivity contribution is 5.76. The quantitative estimate of drug-likeness (QED) is 0.861. The molecule has 1 aromatic rings. The van der Waals surface area contributed by atoms with E-state index in [9.17, 15) is 4.79 Å². The van der Waals surface area contributed by atoms with Gasteiger partial charge in [0.15, 0.2) is 0 Å².